The van der Waals surface area contributed by atoms with Crippen LogP contribution in [0.1, 0.15) is 39.0 Å². The number of H-pyrrole nitrogens is 1. The van der Waals surface area contributed by atoms with E-state index in [-0.39, 0.29) is 18.4 Å². The van der Waals surface area contributed by atoms with Crippen LogP contribution in [-0.2, 0) is 26.3 Å². The van der Waals surface area contributed by atoms with Gasteiger partial charge in [0.25, 0.3) is 5.91 Å². The van der Waals surface area contributed by atoms with Gasteiger partial charge in [-0.05, 0) is 45.7 Å². The number of ether oxygens (including phenoxy) is 1. The lowest BCUT2D eigenvalue weighted by atomic mass is 9.83. The minimum Gasteiger partial charge on any atom is -0.443 e. The molecule has 2 N–H and O–H groups in total. The molecule has 1 aromatic heterocycles. The van der Waals surface area contributed by atoms with Crippen molar-refractivity contribution >= 4 is 28.8 Å². The van der Waals surface area contributed by atoms with Crippen molar-refractivity contribution in [3.05, 3.63) is 35.5 Å². The number of hydrogen-bond acceptors (Lipinski definition) is 4. The molecule has 3 amide bonds. The number of benzene rings is 1. The molecule has 0 spiro atoms. The van der Waals surface area contributed by atoms with Gasteiger partial charge in [0.2, 0.25) is 5.91 Å². The molecule has 148 valence electrons. The molecular weight excluding hydrogens is 360 g/mol. The van der Waals surface area contributed by atoms with E-state index in [0.717, 1.165) is 21.5 Å². The third kappa shape index (κ3) is 2.71. The van der Waals surface area contributed by atoms with Crippen molar-refractivity contribution in [3.8, 4) is 0 Å². The van der Waals surface area contributed by atoms with Gasteiger partial charge in [-0.25, -0.2) is 15.2 Å². The van der Waals surface area contributed by atoms with Gasteiger partial charge < -0.3 is 14.6 Å². The van der Waals surface area contributed by atoms with Gasteiger partial charge >= 0.3 is 6.09 Å². The van der Waals surface area contributed by atoms with Crippen LogP contribution in [-0.4, -0.2) is 51.5 Å². The summed E-state index contributed by atoms with van der Waals surface area (Å²) in [6.07, 6.45) is -0.0913. The standard InChI is InChI=1S/C20H24N4O4/c1-19(2,3)28-18(27)22-24-11-15(25)23-10-9-13-12-7-5-6-8-14(12)21-16(13)20(23,4)17(24)26/h5-8,21H,9-11H2,1-4H3,(H,22,27). The zero-order chi connectivity index (χ0) is 20.3. The van der Waals surface area contributed by atoms with Gasteiger partial charge in [-0.3, -0.25) is 9.59 Å². The summed E-state index contributed by atoms with van der Waals surface area (Å²) < 4.78 is 5.23. The minimum atomic E-state index is -1.21. The molecule has 8 nitrogen and oxygen atoms in total. The number of aromatic nitrogens is 1. The second-order valence-corrected chi connectivity index (χ2v) is 8.40. The van der Waals surface area contributed by atoms with Crippen molar-refractivity contribution in [3.63, 3.8) is 0 Å². The third-order valence-electron chi connectivity index (χ3n) is 5.31. The van der Waals surface area contributed by atoms with E-state index in [9.17, 15) is 14.4 Å². The minimum absolute atomic E-state index is 0.219. The highest BCUT2D eigenvalue weighted by Gasteiger charge is 2.54. The normalized spacial score (nSPS) is 22.1. The molecule has 1 aromatic carbocycles. The summed E-state index contributed by atoms with van der Waals surface area (Å²) in [5, 5.41) is 2.11. The first-order valence-corrected chi connectivity index (χ1v) is 9.33. The van der Waals surface area contributed by atoms with Crippen molar-refractivity contribution in [2.75, 3.05) is 13.1 Å². The van der Waals surface area contributed by atoms with E-state index in [2.05, 4.69) is 10.4 Å². The van der Waals surface area contributed by atoms with Crippen LogP contribution < -0.4 is 5.43 Å². The SMILES string of the molecule is CC(C)(C)OC(=O)NN1CC(=O)N2CCc3c([nH]c4ccccc34)C2(C)C1=O. The van der Waals surface area contributed by atoms with Gasteiger partial charge in [0.05, 0.1) is 5.69 Å². The number of hydrogen-bond donors (Lipinski definition) is 2. The zero-order valence-corrected chi connectivity index (χ0v) is 16.5. The largest absolute Gasteiger partial charge is 0.443 e. The molecule has 1 fully saturated rings. The molecule has 4 rings (SSSR count). The van der Waals surface area contributed by atoms with E-state index in [1.807, 2.05) is 24.3 Å². The molecule has 2 aromatic rings. The van der Waals surface area contributed by atoms with E-state index < -0.39 is 17.2 Å². The summed E-state index contributed by atoms with van der Waals surface area (Å²) in [5.74, 6) is -0.590. The molecule has 2 aliphatic rings. The van der Waals surface area contributed by atoms with Crippen LogP contribution in [0.5, 0.6) is 0 Å². The van der Waals surface area contributed by atoms with E-state index >= 15 is 0 Å². The van der Waals surface area contributed by atoms with Crippen LogP contribution in [0.2, 0.25) is 0 Å². The van der Waals surface area contributed by atoms with Gasteiger partial charge in [-0.1, -0.05) is 18.2 Å². The maximum atomic E-state index is 13.4. The number of hydrazine groups is 1. The monoisotopic (exact) mass is 384 g/mol. The Morgan fingerprint density at radius 3 is 2.68 bits per heavy atom. The molecule has 2 aliphatic heterocycles. The number of piperazine rings is 1. The molecule has 1 atom stereocenters. The number of aromatic amines is 1. The predicted octanol–water partition coefficient (Wildman–Crippen LogP) is 2.05. The number of nitrogens with one attached hydrogen (secondary N) is 2. The molecule has 0 saturated carbocycles. The second-order valence-electron chi connectivity index (χ2n) is 8.40. The van der Waals surface area contributed by atoms with Crippen molar-refractivity contribution in [2.24, 2.45) is 0 Å². The summed E-state index contributed by atoms with van der Waals surface area (Å²) in [5.41, 5.74) is 3.18. The zero-order valence-electron chi connectivity index (χ0n) is 16.5. The Balaban J connectivity index is 1.72. The first-order chi connectivity index (χ1) is 13.1. The van der Waals surface area contributed by atoms with Gasteiger partial charge in [0.1, 0.15) is 12.1 Å². The van der Waals surface area contributed by atoms with Crippen LogP contribution >= 0.6 is 0 Å². The molecule has 0 radical (unpaired) electrons. The van der Waals surface area contributed by atoms with E-state index in [4.69, 9.17) is 4.74 Å². The Morgan fingerprint density at radius 1 is 1.25 bits per heavy atom. The lowest BCUT2D eigenvalue weighted by Gasteiger charge is -2.49. The Kier molecular flexibility index (Phi) is 3.92. The molecule has 1 saturated heterocycles. The molecule has 0 bridgehead atoms. The van der Waals surface area contributed by atoms with Crippen molar-refractivity contribution < 1.29 is 19.1 Å². The number of carbonyl (C=O) groups is 3. The number of amides is 3. The number of nitrogens with zero attached hydrogens (tertiary/aromatic N) is 2. The second kappa shape index (κ2) is 5.98. The smallest absolute Gasteiger partial charge is 0.426 e. The summed E-state index contributed by atoms with van der Waals surface area (Å²) >= 11 is 0. The van der Waals surface area contributed by atoms with Crippen LogP contribution in [0.3, 0.4) is 0 Å². The predicted molar refractivity (Wildman–Crippen MR) is 102 cm³/mol. The van der Waals surface area contributed by atoms with Gasteiger partial charge in [-0.2, -0.15) is 0 Å². The van der Waals surface area contributed by atoms with Crippen LogP contribution in [0.25, 0.3) is 10.9 Å². The molecule has 8 heteroatoms. The highest BCUT2D eigenvalue weighted by Crippen LogP contribution is 2.41. The first kappa shape index (κ1) is 18.3. The maximum Gasteiger partial charge on any atom is 0.426 e. The quantitative estimate of drug-likeness (QED) is 0.787. The van der Waals surface area contributed by atoms with Crippen molar-refractivity contribution in [2.45, 2.75) is 45.3 Å². The summed E-state index contributed by atoms with van der Waals surface area (Å²) in [6, 6.07) is 7.84. The number of rotatable bonds is 1. The molecule has 0 aliphatic carbocycles. The van der Waals surface area contributed by atoms with Crippen LogP contribution in [0, 0.1) is 0 Å². The lowest BCUT2D eigenvalue weighted by Crippen LogP contribution is -2.69. The summed E-state index contributed by atoms with van der Waals surface area (Å²) in [6.45, 7) is 7.16. The number of para-hydroxylation sites is 1. The van der Waals surface area contributed by atoms with Crippen LogP contribution in [0.4, 0.5) is 4.79 Å². The Morgan fingerprint density at radius 2 is 1.96 bits per heavy atom. The van der Waals surface area contributed by atoms with Gasteiger partial charge in [0.15, 0.2) is 5.54 Å². The summed E-state index contributed by atoms with van der Waals surface area (Å²) in [4.78, 5) is 43.3. The van der Waals surface area contributed by atoms with Gasteiger partial charge in [0, 0.05) is 17.4 Å². The van der Waals surface area contributed by atoms with Crippen molar-refractivity contribution in [1.82, 2.24) is 20.3 Å². The molecular formula is C20H24N4O4. The first-order valence-electron chi connectivity index (χ1n) is 9.33. The third-order valence-corrected chi connectivity index (χ3v) is 5.31. The fraction of sp³-hybridized carbons (Fsp3) is 0.450. The highest BCUT2D eigenvalue weighted by atomic mass is 16.6. The number of fused-ring (bicyclic) bond motifs is 5. The Hall–Kier alpha value is -3.03. The van der Waals surface area contributed by atoms with Crippen LogP contribution in [0.15, 0.2) is 24.3 Å². The molecule has 1 unspecified atom stereocenters. The fourth-order valence-corrected chi connectivity index (χ4v) is 4.11. The Bertz CT molecular complexity index is 990. The van der Waals surface area contributed by atoms with E-state index in [1.165, 1.54) is 0 Å². The van der Waals surface area contributed by atoms with E-state index in [1.54, 1.807) is 32.6 Å². The highest BCUT2D eigenvalue weighted by molar-refractivity contribution is 6.01. The average molecular weight is 384 g/mol. The summed E-state index contributed by atoms with van der Waals surface area (Å²) in [7, 11) is 0. The topological polar surface area (TPSA) is 94.7 Å². The van der Waals surface area contributed by atoms with Gasteiger partial charge in [-0.15, -0.1) is 0 Å². The average Bonchev–Trinajstić information content (AvgIpc) is 2.98. The number of carbonyl (C=O) groups excluding carboxylic acids is 3. The van der Waals surface area contributed by atoms with E-state index in [0.29, 0.717) is 18.7 Å². The lowest BCUT2D eigenvalue weighted by molar-refractivity contribution is -0.168. The molecule has 28 heavy (non-hydrogen) atoms. The fourth-order valence-electron chi connectivity index (χ4n) is 4.11. The van der Waals surface area contributed by atoms with Crippen molar-refractivity contribution in [1.29, 1.82) is 0 Å². The maximum absolute atomic E-state index is 13.4. The molecule has 3 heterocycles. The Labute approximate surface area is 162 Å².